The molecule has 122 valence electrons. The van der Waals surface area contributed by atoms with E-state index in [1.165, 1.54) is 0 Å². The molecule has 0 aliphatic rings. The van der Waals surface area contributed by atoms with Gasteiger partial charge in [0.05, 0.1) is 19.9 Å². The quantitative estimate of drug-likeness (QED) is 0.794. The Morgan fingerprint density at radius 3 is 2.39 bits per heavy atom. The molecule has 2 rings (SSSR count). The molecule has 0 aliphatic heterocycles. The van der Waals surface area contributed by atoms with Crippen LogP contribution in [0.5, 0.6) is 11.5 Å². The lowest BCUT2D eigenvalue weighted by Crippen LogP contribution is -2.20. The van der Waals surface area contributed by atoms with Crippen LogP contribution in [0.3, 0.4) is 0 Å². The van der Waals surface area contributed by atoms with Gasteiger partial charge in [0, 0.05) is 16.2 Å². The minimum absolute atomic E-state index is 0.328. The van der Waals surface area contributed by atoms with Crippen LogP contribution in [0.1, 0.15) is 12.5 Å². The summed E-state index contributed by atoms with van der Waals surface area (Å²) in [7, 11) is 3.12. The van der Waals surface area contributed by atoms with Crippen molar-refractivity contribution in [2.45, 2.75) is 13.3 Å². The van der Waals surface area contributed by atoms with E-state index in [4.69, 9.17) is 9.47 Å². The van der Waals surface area contributed by atoms with Crippen molar-refractivity contribution < 1.29 is 14.3 Å². The van der Waals surface area contributed by atoms with E-state index >= 15 is 0 Å². The number of methoxy groups -OCH3 is 2. The molecule has 0 fully saturated rings. The summed E-state index contributed by atoms with van der Waals surface area (Å²) in [4.78, 5) is 12.2. The minimum atomic E-state index is -0.328. The van der Waals surface area contributed by atoms with Crippen LogP contribution >= 0.6 is 15.9 Å². The number of rotatable bonds is 5. The first kappa shape index (κ1) is 17.1. The van der Waals surface area contributed by atoms with E-state index in [1.807, 2.05) is 25.1 Å². The molecule has 5 nitrogen and oxygen atoms in total. The fourth-order valence-electron chi connectivity index (χ4n) is 2.15. The number of benzene rings is 2. The van der Waals surface area contributed by atoms with Gasteiger partial charge in [-0.15, -0.1) is 0 Å². The van der Waals surface area contributed by atoms with Gasteiger partial charge in [-0.1, -0.05) is 22.9 Å². The number of ether oxygens (including phenoxy) is 2. The van der Waals surface area contributed by atoms with Gasteiger partial charge in [0.25, 0.3) is 0 Å². The van der Waals surface area contributed by atoms with E-state index < -0.39 is 0 Å². The molecule has 23 heavy (non-hydrogen) atoms. The van der Waals surface area contributed by atoms with E-state index in [0.717, 1.165) is 22.1 Å². The normalized spacial score (nSPS) is 10.1. The Kier molecular flexibility index (Phi) is 5.87. The highest BCUT2D eigenvalue weighted by Crippen LogP contribution is 2.29. The van der Waals surface area contributed by atoms with E-state index in [-0.39, 0.29) is 6.03 Å². The summed E-state index contributed by atoms with van der Waals surface area (Å²) in [5.74, 6) is 1.19. The number of carbonyl (C=O) groups is 1. The number of urea groups is 1. The third-order valence-corrected chi connectivity index (χ3v) is 3.85. The molecule has 2 N–H and O–H groups in total. The molecule has 2 aromatic rings. The Morgan fingerprint density at radius 2 is 1.74 bits per heavy atom. The van der Waals surface area contributed by atoms with Gasteiger partial charge in [-0.2, -0.15) is 0 Å². The minimum Gasteiger partial charge on any atom is -0.497 e. The summed E-state index contributed by atoms with van der Waals surface area (Å²) in [5.41, 5.74) is 2.40. The largest absolute Gasteiger partial charge is 0.497 e. The number of carbonyl (C=O) groups excluding carboxylic acids is 1. The standard InChI is InChI=1S/C17H19BrN2O3/c1-4-11-9-12(18)5-7-14(11)19-17(21)20-15-8-6-13(22-2)10-16(15)23-3/h5-10H,4H2,1-3H3,(H2,19,20,21). The molecule has 2 aromatic carbocycles. The summed E-state index contributed by atoms with van der Waals surface area (Å²) in [6, 6.07) is 10.6. The fourth-order valence-corrected chi connectivity index (χ4v) is 2.56. The highest BCUT2D eigenvalue weighted by atomic mass is 79.9. The van der Waals surface area contributed by atoms with Gasteiger partial charge < -0.3 is 20.1 Å². The molecule has 0 aromatic heterocycles. The first-order chi connectivity index (χ1) is 11.1. The van der Waals surface area contributed by atoms with Crippen molar-refractivity contribution in [1.82, 2.24) is 0 Å². The maximum atomic E-state index is 12.2. The van der Waals surface area contributed by atoms with Gasteiger partial charge in [0.2, 0.25) is 0 Å². The Hall–Kier alpha value is -2.21. The topological polar surface area (TPSA) is 59.6 Å². The summed E-state index contributed by atoms with van der Waals surface area (Å²) in [6.07, 6.45) is 0.820. The Labute approximate surface area is 144 Å². The van der Waals surface area contributed by atoms with Crippen molar-refractivity contribution in [3.05, 3.63) is 46.4 Å². The highest BCUT2D eigenvalue weighted by Gasteiger charge is 2.10. The average molecular weight is 379 g/mol. The van der Waals surface area contributed by atoms with Gasteiger partial charge in [-0.05, 0) is 42.3 Å². The Balaban J connectivity index is 2.14. The molecule has 2 amide bonds. The maximum Gasteiger partial charge on any atom is 0.323 e. The predicted octanol–water partition coefficient (Wildman–Crippen LogP) is 4.67. The predicted molar refractivity (Wildman–Crippen MR) is 95.7 cm³/mol. The second-order valence-electron chi connectivity index (χ2n) is 4.80. The van der Waals surface area contributed by atoms with Crippen molar-refractivity contribution in [3.63, 3.8) is 0 Å². The SMILES string of the molecule is CCc1cc(Br)ccc1NC(=O)Nc1ccc(OC)cc1OC. The van der Waals surface area contributed by atoms with Crippen molar-refractivity contribution in [2.75, 3.05) is 24.9 Å². The molecule has 0 radical (unpaired) electrons. The lowest BCUT2D eigenvalue weighted by molar-refractivity contribution is 0.262. The molecule has 0 bridgehead atoms. The van der Waals surface area contributed by atoms with Crippen molar-refractivity contribution in [2.24, 2.45) is 0 Å². The van der Waals surface area contributed by atoms with Crippen LogP contribution in [-0.4, -0.2) is 20.3 Å². The molecule has 0 saturated heterocycles. The average Bonchev–Trinajstić information content (AvgIpc) is 2.56. The van der Waals surface area contributed by atoms with Crippen LogP contribution in [0.15, 0.2) is 40.9 Å². The summed E-state index contributed by atoms with van der Waals surface area (Å²) in [5, 5.41) is 5.64. The van der Waals surface area contributed by atoms with Crippen LogP contribution < -0.4 is 20.1 Å². The summed E-state index contributed by atoms with van der Waals surface area (Å²) in [6.45, 7) is 2.04. The first-order valence-electron chi connectivity index (χ1n) is 7.15. The van der Waals surface area contributed by atoms with Crippen molar-refractivity contribution >= 4 is 33.3 Å². The van der Waals surface area contributed by atoms with E-state index in [0.29, 0.717) is 17.2 Å². The molecule has 0 aliphatic carbocycles. The molecule has 0 spiro atoms. The van der Waals surface area contributed by atoms with Gasteiger partial charge in [0.15, 0.2) is 0 Å². The number of anilines is 2. The monoisotopic (exact) mass is 378 g/mol. The molecule has 6 heteroatoms. The van der Waals surface area contributed by atoms with Crippen LogP contribution in [0.2, 0.25) is 0 Å². The van der Waals surface area contributed by atoms with Crippen molar-refractivity contribution in [1.29, 1.82) is 0 Å². The third kappa shape index (κ3) is 4.39. The molecule has 0 heterocycles. The van der Waals surface area contributed by atoms with Gasteiger partial charge >= 0.3 is 6.03 Å². The maximum absolute atomic E-state index is 12.2. The van der Waals surface area contributed by atoms with Crippen LogP contribution in [0, 0.1) is 0 Å². The van der Waals surface area contributed by atoms with Gasteiger partial charge in [-0.25, -0.2) is 4.79 Å². The van der Waals surface area contributed by atoms with Crippen LogP contribution in [0.4, 0.5) is 16.2 Å². The summed E-state index contributed by atoms with van der Waals surface area (Å²) < 4.78 is 11.4. The smallest absolute Gasteiger partial charge is 0.323 e. The molecule has 0 saturated carbocycles. The highest BCUT2D eigenvalue weighted by molar-refractivity contribution is 9.10. The fraction of sp³-hybridized carbons (Fsp3) is 0.235. The Bertz CT molecular complexity index is 704. The lowest BCUT2D eigenvalue weighted by atomic mass is 10.1. The number of hydrogen-bond acceptors (Lipinski definition) is 3. The Morgan fingerprint density at radius 1 is 1.04 bits per heavy atom. The lowest BCUT2D eigenvalue weighted by Gasteiger charge is -2.14. The molecule has 0 atom stereocenters. The van der Waals surface area contributed by atoms with E-state index in [2.05, 4.69) is 26.6 Å². The molecule has 0 unspecified atom stereocenters. The van der Waals surface area contributed by atoms with Gasteiger partial charge in [0.1, 0.15) is 11.5 Å². The second kappa shape index (κ2) is 7.87. The second-order valence-corrected chi connectivity index (χ2v) is 5.72. The molecular formula is C17H19BrN2O3. The zero-order valence-electron chi connectivity index (χ0n) is 13.3. The first-order valence-corrected chi connectivity index (χ1v) is 7.95. The number of amides is 2. The number of nitrogens with one attached hydrogen (secondary N) is 2. The van der Waals surface area contributed by atoms with E-state index in [1.54, 1.807) is 32.4 Å². The van der Waals surface area contributed by atoms with Crippen LogP contribution in [0.25, 0.3) is 0 Å². The zero-order valence-corrected chi connectivity index (χ0v) is 14.9. The van der Waals surface area contributed by atoms with Crippen LogP contribution in [-0.2, 0) is 6.42 Å². The number of halogens is 1. The van der Waals surface area contributed by atoms with Gasteiger partial charge in [-0.3, -0.25) is 0 Å². The third-order valence-electron chi connectivity index (χ3n) is 3.35. The number of hydrogen-bond donors (Lipinski definition) is 2. The summed E-state index contributed by atoms with van der Waals surface area (Å²) >= 11 is 3.43. The molecular weight excluding hydrogens is 360 g/mol. The van der Waals surface area contributed by atoms with E-state index in [9.17, 15) is 4.79 Å². The zero-order chi connectivity index (χ0) is 16.8. The number of aryl methyl sites for hydroxylation is 1. The van der Waals surface area contributed by atoms with Crippen molar-refractivity contribution in [3.8, 4) is 11.5 Å².